The van der Waals surface area contributed by atoms with Gasteiger partial charge in [-0.1, -0.05) is 24.0 Å². The molecule has 1 aromatic heterocycles. The number of aromatic nitrogens is 1. The second-order valence-electron chi connectivity index (χ2n) is 4.69. The molecule has 7 nitrogen and oxygen atoms in total. The summed E-state index contributed by atoms with van der Waals surface area (Å²) in [5.74, 6) is -2.67. The van der Waals surface area contributed by atoms with Crippen LogP contribution in [0.4, 0.5) is 0 Å². The number of primary amides is 1. The number of aryl methyl sites for hydroxylation is 1. The number of amides is 2. The highest BCUT2D eigenvalue weighted by atomic mass is 32.2. The maximum absolute atomic E-state index is 12.4. The molecule has 0 saturated carbocycles. The Morgan fingerprint density at radius 3 is 2.73 bits per heavy atom. The average molecular weight is 339 g/mol. The number of thioether (sulfide) groups is 1. The lowest BCUT2D eigenvalue weighted by atomic mass is 10.1. The highest BCUT2D eigenvalue weighted by molar-refractivity contribution is 8.26. The Kier molecular flexibility index (Phi) is 4.67. The smallest absolute Gasteiger partial charge is 0.327 e. The predicted octanol–water partition coefficient (Wildman–Crippen LogP) is 0.555. The van der Waals surface area contributed by atoms with Gasteiger partial charge in [-0.05, 0) is 17.7 Å². The second-order valence-corrected chi connectivity index (χ2v) is 6.36. The number of thiocarbonyl (C=S) groups is 1. The Morgan fingerprint density at radius 1 is 1.55 bits per heavy atom. The van der Waals surface area contributed by atoms with E-state index < -0.39 is 30.2 Å². The fraction of sp³-hybridized carbons (Fsp3) is 0.231. The molecule has 0 spiro atoms. The number of hydrogen-bond acceptors (Lipinski definition) is 5. The van der Waals surface area contributed by atoms with E-state index in [9.17, 15) is 19.5 Å². The second kappa shape index (κ2) is 6.32. The molecule has 2 heterocycles. The molecule has 3 N–H and O–H groups in total. The number of nitrogens with two attached hydrogens (primary N) is 1. The number of carbonyl (C=O) groups is 3. The van der Waals surface area contributed by atoms with E-state index in [-0.39, 0.29) is 4.32 Å². The number of rotatable bonds is 5. The molecule has 0 bridgehead atoms. The number of hydrogen-bond donors (Lipinski definition) is 2. The number of carboxylic acids is 1. The van der Waals surface area contributed by atoms with Gasteiger partial charge in [-0.3, -0.25) is 14.5 Å². The van der Waals surface area contributed by atoms with Gasteiger partial charge in [-0.25, -0.2) is 4.79 Å². The molecule has 22 heavy (non-hydrogen) atoms. The van der Waals surface area contributed by atoms with Crippen molar-refractivity contribution >= 4 is 52.2 Å². The molecule has 1 atom stereocenters. The molecule has 0 aromatic carbocycles. The zero-order valence-corrected chi connectivity index (χ0v) is 13.2. The summed E-state index contributed by atoms with van der Waals surface area (Å²) in [5.41, 5.74) is 5.84. The third kappa shape index (κ3) is 3.37. The van der Waals surface area contributed by atoms with Crippen molar-refractivity contribution in [1.82, 2.24) is 9.47 Å². The lowest BCUT2D eigenvalue weighted by Crippen LogP contribution is -2.46. The van der Waals surface area contributed by atoms with Crippen LogP contribution in [0.1, 0.15) is 12.0 Å². The van der Waals surface area contributed by atoms with Crippen LogP contribution in [0, 0.1) is 0 Å². The van der Waals surface area contributed by atoms with Crippen LogP contribution < -0.4 is 5.73 Å². The van der Waals surface area contributed by atoms with Crippen LogP contribution in [0.15, 0.2) is 23.4 Å². The lowest BCUT2D eigenvalue weighted by molar-refractivity contribution is -0.146. The molecular weight excluding hydrogens is 326 g/mol. The van der Waals surface area contributed by atoms with Gasteiger partial charge >= 0.3 is 5.97 Å². The SMILES string of the molecule is Cn1ccc(/C=C2/SC(=S)N(C(CC(N)=O)C(=O)O)C2=O)c1. The van der Waals surface area contributed by atoms with E-state index in [0.717, 1.165) is 22.2 Å². The minimum atomic E-state index is -1.38. The molecule has 116 valence electrons. The molecule has 2 amide bonds. The molecule has 0 aliphatic carbocycles. The van der Waals surface area contributed by atoms with E-state index in [2.05, 4.69) is 0 Å². The summed E-state index contributed by atoms with van der Waals surface area (Å²) in [6.45, 7) is 0. The van der Waals surface area contributed by atoms with E-state index in [1.807, 2.05) is 30.1 Å². The maximum atomic E-state index is 12.4. The molecule has 1 aliphatic rings. The van der Waals surface area contributed by atoms with E-state index in [4.69, 9.17) is 18.0 Å². The van der Waals surface area contributed by atoms with Crippen molar-refractivity contribution in [2.45, 2.75) is 12.5 Å². The van der Waals surface area contributed by atoms with Crippen molar-refractivity contribution in [2.24, 2.45) is 12.8 Å². The molecule has 0 radical (unpaired) electrons. The highest BCUT2D eigenvalue weighted by Gasteiger charge is 2.41. The van der Waals surface area contributed by atoms with Crippen LogP contribution in [0.25, 0.3) is 6.08 Å². The first-order valence-corrected chi connectivity index (χ1v) is 7.42. The summed E-state index contributed by atoms with van der Waals surface area (Å²) in [7, 11) is 1.84. The molecule has 1 unspecified atom stereocenters. The summed E-state index contributed by atoms with van der Waals surface area (Å²) >= 11 is 6.07. The standard InChI is InChI=1S/C13H13N3O4S2/c1-15-3-2-7(6-15)4-9-11(18)16(13(21)22-9)8(12(19)20)5-10(14)17/h2-4,6,8H,5H2,1H3,(H2,14,17)(H,19,20)/b9-4+. The Balaban J connectivity index is 2.29. The summed E-state index contributed by atoms with van der Waals surface area (Å²) in [5, 5.41) is 9.20. The van der Waals surface area contributed by atoms with Gasteiger partial charge in [0.1, 0.15) is 10.4 Å². The maximum Gasteiger partial charge on any atom is 0.327 e. The number of carboxylic acid groups (broad SMARTS) is 1. The molecule has 1 aliphatic heterocycles. The zero-order chi connectivity index (χ0) is 16.4. The van der Waals surface area contributed by atoms with E-state index >= 15 is 0 Å². The van der Waals surface area contributed by atoms with E-state index in [0.29, 0.717) is 4.91 Å². The van der Waals surface area contributed by atoms with Gasteiger partial charge in [0, 0.05) is 19.4 Å². The molecule has 1 aromatic rings. The lowest BCUT2D eigenvalue weighted by Gasteiger charge is -2.21. The topological polar surface area (TPSA) is 106 Å². The van der Waals surface area contributed by atoms with Crippen LogP contribution >= 0.6 is 24.0 Å². The van der Waals surface area contributed by atoms with Gasteiger partial charge < -0.3 is 15.4 Å². The monoisotopic (exact) mass is 339 g/mol. The number of aliphatic carboxylic acids is 1. The van der Waals surface area contributed by atoms with Crippen LogP contribution in [0.5, 0.6) is 0 Å². The zero-order valence-electron chi connectivity index (χ0n) is 11.6. The third-order valence-electron chi connectivity index (χ3n) is 2.97. The van der Waals surface area contributed by atoms with Crippen molar-refractivity contribution in [1.29, 1.82) is 0 Å². The fourth-order valence-corrected chi connectivity index (χ4v) is 3.35. The first-order valence-electron chi connectivity index (χ1n) is 6.19. The van der Waals surface area contributed by atoms with Gasteiger partial charge in [0.05, 0.1) is 11.3 Å². The highest BCUT2D eigenvalue weighted by Crippen LogP contribution is 2.34. The first-order chi connectivity index (χ1) is 10.3. The Labute approximate surface area is 135 Å². The molecule has 1 fully saturated rings. The normalized spacial score (nSPS) is 18.0. The van der Waals surface area contributed by atoms with E-state index in [1.165, 1.54) is 0 Å². The van der Waals surface area contributed by atoms with Crippen LogP contribution in [0.3, 0.4) is 0 Å². The Hall–Kier alpha value is -2.13. The van der Waals surface area contributed by atoms with Crippen LogP contribution in [-0.2, 0) is 21.4 Å². The average Bonchev–Trinajstić information content (AvgIpc) is 2.92. The van der Waals surface area contributed by atoms with Crippen molar-refractivity contribution in [3.63, 3.8) is 0 Å². The van der Waals surface area contributed by atoms with Crippen molar-refractivity contribution < 1.29 is 19.5 Å². The molecular formula is C13H13N3O4S2. The summed E-state index contributed by atoms with van der Waals surface area (Å²) in [6, 6.07) is 0.427. The Morgan fingerprint density at radius 2 is 2.23 bits per heavy atom. The minimum Gasteiger partial charge on any atom is -0.480 e. The summed E-state index contributed by atoms with van der Waals surface area (Å²) in [6.07, 6.45) is 4.77. The fourth-order valence-electron chi connectivity index (χ4n) is 1.99. The molecule has 2 rings (SSSR count). The van der Waals surface area contributed by atoms with Gasteiger partial charge in [0.15, 0.2) is 0 Å². The van der Waals surface area contributed by atoms with Crippen molar-refractivity contribution in [2.75, 3.05) is 0 Å². The summed E-state index contributed by atoms with van der Waals surface area (Å²) in [4.78, 5) is 35.9. The quantitative estimate of drug-likeness (QED) is 0.600. The molecule has 1 saturated heterocycles. The van der Waals surface area contributed by atoms with Gasteiger partial charge in [0.25, 0.3) is 5.91 Å². The van der Waals surface area contributed by atoms with Crippen LogP contribution in [0.2, 0.25) is 0 Å². The van der Waals surface area contributed by atoms with Gasteiger partial charge in [-0.15, -0.1) is 0 Å². The van der Waals surface area contributed by atoms with Crippen molar-refractivity contribution in [3.8, 4) is 0 Å². The first kappa shape index (κ1) is 16.2. The number of carbonyl (C=O) groups excluding carboxylic acids is 2. The summed E-state index contributed by atoms with van der Waals surface area (Å²) < 4.78 is 1.92. The Bertz CT molecular complexity index is 695. The molecule has 9 heteroatoms. The van der Waals surface area contributed by atoms with Gasteiger partial charge in [0.2, 0.25) is 5.91 Å². The van der Waals surface area contributed by atoms with Gasteiger partial charge in [-0.2, -0.15) is 0 Å². The number of nitrogens with zero attached hydrogens (tertiary/aromatic N) is 2. The van der Waals surface area contributed by atoms with Crippen molar-refractivity contribution in [3.05, 3.63) is 28.9 Å². The third-order valence-corrected chi connectivity index (χ3v) is 4.30. The minimum absolute atomic E-state index is 0.0980. The van der Waals surface area contributed by atoms with Crippen LogP contribution in [-0.4, -0.2) is 42.7 Å². The largest absolute Gasteiger partial charge is 0.480 e. The van der Waals surface area contributed by atoms with E-state index in [1.54, 1.807) is 6.08 Å². The predicted molar refractivity (Wildman–Crippen MR) is 85.7 cm³/mol.